The Balaban J connectivity index is 2.52. The van der Waals surface area contributed by atoms with Crippen molar-refractivity contribution in [3.8, 4) is 5.69 Å². The fourth-order valence-electron chi connectivity index (χ4n) is 1.13. The van der Waals surface area contributed by atoms with Gasteiger partial charge < -0.3 is 0 Å². The van der Waals surface area contributed by atoms with Gasteiger partial charge in [-0.05, 0) is 47.7 Å². The molecule has 2 aromatic rings. The van der Waals surface area contributed by atoms with Crippen LogP contribution in [-0.2, 0) is 0 Å². The molecule has 0 spiro atoms. The Bertz CT molecular complexity index is 467. The lowest BCUT2D eigenvalue weighted by atomic mass is 10.3. The molecule has 2 rings (SSSR count). The smallest absolute Gasteiger partial charge is 0.147 e. The van der Waals surface area contributed by atoms with Crippen LogP contribution in [0.25, 0.3) is 5.69 Å². The SMILES string of the molecule is Cc1ncn(-c2ccc(F)cc2I)n1. The molecule has 0 aliphatic rings. The van der Waals surface area contributed by atoms with E-state index in [4.69, 9.17) is 0 Å². The van der Waals surface area contributed by atoms with Crippen LogP contribution in [0.4, 0.5) is 4.39 Å². The fraction of sp³-hybridized carbons (Fsp3) is 0.111. The van der Waals surface area contributed by atoms with E-state index in [-0.39, 0.29) is 5.82 Å². The van der Waals surface area contributed by atoms with E-state index >= 15 is 0 Å². The van der Waals surface area contributed by atoms with Crippen LogP contribution in [0, 0.1) is 16.3 Å². The van der Waals surface area contributed by atoms with E-state index in [1.54, 1.807) is 17.1 Å². The van der Waals surface area contributed by atoms with Gasteiger partial charge in [0.05, 0.1) is 5.69 Å². The van der Waals surface area contributed by atoms with E-state index in [0.717, 1.165) is 9.26 Å². The lowest BCUT2D eigenvalue weighted by molar-refractivity contribution is 0.625. The van der Waals surface area contributed by atoms with Crippen molar-refractivity contribution in [2.24, 2.45) is 0 Å². The lowest BCUT2D eigenvalue weighted by Crippen LogP contribution is -1.98. The molecule has 0 saturated heterocycles. The Morgan fingerprint density at radius 2 is 2.21 bits per heavy atom. The summed E-state index contributed by atoms with van der Waals surface area (Å²) >= 11 is 2.07. The van der Waals surface area contributed by atoms with Gasteiger partial charge in [-0.2, -0.15) is 5.10 Å². The summed E-state index contributed by atoms with van der Waals surface area (Å²) in [6, 6.07) is 4.56. The van der Waals surface area contributed by atoms with Crippen molar-refractivity contribution in [2.75, 3.05) is 0 Å². The van der Waals surface area contributed by atoms with Crippen molar-refractivity contribution < 1.29 is 4.39 Å². The molecule has 0 aliphatic carbocycles. The van der Waals surface area contributed by atoms with Gasteiger partial charge in [0.1, 0.15) is 18.0 Å². The minimum atomic E-state index is -0.241. The van der Waals surface area contributed by atoms with Gasteiger partial charge in [0.25, 0.3) is 0 Å². The molecule has 1 heterocycles. The molecule has 1 aromatic heterocycles. The Hall–Kier alpha value is -0.980. The van der Waals surface area contributed by atoms with Gasteiger partial charge in [0, 0.05) is 3.57 Å². The van der Waals surface area contributed by atoms with E-state index in [0.29, 0.717) is 5.82 Å². The van der Waals surface area contributed by atoms with Crippen LogP contribution in [0.5, 0.6) is 0 Å². The van der Waals surface area contributed by atoms with Gasteiger partial charge >= 0.3 is 0 Å². The first-order valence-electron chi connectivity index (χ1n) is 4.00. The van der Waals surface area contributed by atoms with Crippen LogP contribution in [0.1, 0.15) is 5.82 Å². The molecular formula is C9H7FIN3. The first kappa shape index (κ1) is 9.57. The number of benzene rings is 1. The molecule has 1 aromatic carbocycles. The normalized spacial score (nSPS) is 10.5. The Morgan fingerprint density at radius 1 is 1.43 bits per heavy atom. The minimum absolute atomic E-state index is 0.241. The summed E-state index contributed by atoms with van der Waals surface area (Å²) in [5, 5.41) is 4.15. The molecule has 14 heavy (non-hydrogen) atoms. The highest BCUT2D eigenvalue weighted by atomic mass is 127. The summed E-state index contributed by atoms with van der Waals surface area (Å²) < 4.78 is 15.3. The molecule has 0 N–H and O–H groups in total. The predicted octanol–water partition coefficient (Wildman–Crippen LogP) is 2.32. The number of aromatic nitrogens is 3. The van der Waals surface area contributed by atoms with Gasteiger partial charge in [-0.25, -0.2) is 14.1 Å². The Kier molecular flexibility index (Phi) is 2.49. The quantitative estimate of drug-likeness (QED) is 0.757. The molecule has 0 saturated carbocycles. The zero-order valence-corrected chi connectivity index (χ0v) is 9.56. The maximum atomic E-state index is 12.8. The number of hydrogen-bond acceptors (Lipinski definition) is 2. The summed E-state index contributed by atoms with van der Waals surface area (Å²) in [7, 11) is 0. The van der Waals surface area contributed by atoms with E-state index in [2.05, 4.69) is 32.7 Å². The van der Waals surface area contributed by atoms with Crippen LogP contribution < -0.4 is 0 Å². The van der Waals surface area contributed by atoms with Crippen LogP contribution in [0.2, 0.25) is 0 Å². The van der Waals surface area contributed by atoms with Crippen molar-refractivity contribution in [1.82, 2.24) is 14.8 Å². The first-order valence-corrected chi connectivity index (χ1v) is 5.08. The molecular weight excluding hydrogens is 296 g/mol. The lowest BCUT2D eigenvalue weighted by Gasteiger charge is -2.02. The summed E-state index contributed by atoms with van der Waals surface area (Å²) in [4.78, 5) is 4.01. The van der Waals surface area contributed by atoms with Crippen LogP contribution in [0.3, 0.4) is 0 Å². The van der Waals surface area contributed by atoms with Crippen molar-refractivity contribution in [3.05, 3.63) is 39.7 Å². The fourth-order valence-corrected chi connectivity index (χ4v) is 1.85. The second-order valence-electron chi connectivity index (χ2n) is 2.83. The maximum absolute atomic E-state index is 12.8. The van der Waals surface area contributed by atoms with E-state index < -0.39 is 0 Å². The second kappa shape index (κ2) is 3.64. The van der Waals surface area contributed by atoms with Crippen LogP contribution in [-0.4, -0.2) is 14.8 Å². The van der Waals surface area contributed by atoms with Gasteiger partial charge in [-0.15, -0.1) is 0 Å². The summed E-state index contributed by atoms with van der Waals surface area (Å²) in [6.45, 7) is 1.81. The maximum Gasteiger partial charge on any atom is 0.147 e. The van der Waals surface area contributed by atoms with Crippen molar-refractivity contribution >= 4 is 22.6 Å². The standard InChI is InChI=1S/C9H7FIN3/c1-6-12-5-14(13-6)9-3-2-7(10)4-8(9)11/h2-5H,1H3. The Labute approximate surface area is 94.1 Å². The molecule has 0 bridgehead atoms. The highest BCUT2D eigenvalue weighted by molar-refractivity contribution is 14.1. The summed E-state index contributed by atoms with van der Waals surface area (Å²) in [5.74, 6) is 0.458. The molecule has 0 atom stereocenters. The van der Waals surface area contributed by atoms with Crippen LogP contribution >= 0.6 is 22.6 Å². The number of nitrogens with zero attached hydrogens (tertiary/aromatic N) is 3. The third kappa shape index (κ3) is 1.77. The van der Waals surface area contributed by atoms with Crippen molar-refractivity contribution in [3.63, 3.8) is 0 Å². The van der Waals surface area contributed by atoms with Crippen LogP contribution in [0.15, 0.2) is 24.5 Å². The topological polar surface area (TPSA) is 30.7 Å². The van der Waals surface area contributed by atoms with E-state index in [9.17, 15) is 4.39 Å². The molecule has 0 unspecified atom stereocenters. The molecule has 3 nitrogen and oxygen atoms in total. The zero-order chi connectivity index (χ0) is 10.1. The highest BCUT2D eigenvalue weighted by Crippen LogP contribution is 2.17. The molecule has 72 valence electrons. The molecule has 0 fully saturated rings. The largest absolute Gasteiger partial charge is 0.220 e. The third-order valence-corrected chi connectivity index (χ3v) is 2.63. The second-order valence-corrected chi connectivity index (χ2v) is 3.99. The molecule has 0 radical (unpaired) electrons. The van der Waals surface area contributed by atoms with Gasteiger partial charge in [0.2, 0.25) is 0 Å². The van der Waals surface area contributed by atoms with Crippen molar-refractivity contribution in [2.45, 2.75) is 6.92 Å². The number of hydrogen-bond donors (Lipinski definition) is 0. The number of rotatable bonds is 1. The molecule has 0 aliphatic heterocycles. The van der Waals surface area contributed by atoms with Gasteiger partial charge in [0.15, 0.2) is 0 Å². The molecule has 0 amide bonds. The summed E-state index contributed by atoms with van der Waals surface area (Å²) in [6.07, 6.45) is 1.62. The summed E-state index contributed by atoms with van der Waals surface area (Å²) in [5.41, 5.74) is 0.840. The minimum Gasteiger partial charge on any atom is -0.220 e. The van der Waals surface area contributed by atoms with Crippen molar-refractivity contribution in [1.29, 1.82) is 0 Å². The third-order valence-electron chi connectivity index (χ3n) is 1.76. The number of halogens is 2. The van der Waals surface area contributed by atoms with Gasteiger partial charge in [-0.1, -0.05) is 0 Å². The van der Waals surface area contributed by atoms with Gasteiger partial charge in [-0.3, -0.25) is 0 Å². The average Bonchev–Trinajstić information content (AvgIpc) is 2.51. The Morgan fingerprint density at radius 3 is 2.79 bits per heavy atom. The zero-order valence-electron chi connectivity index (χ0n) is 7.41. The molecule has 5 heteroatoms. The van der Waals surface area contributed by atoms with E-state index in [1.165, 1.54) is 12.1 Å². The predicted molar refractivity (Wildman–Crippen MR) is 58.8 cm³/mol. The van der Waals surface area contributed by atoms with E-state index in [1.807, 2.05) is 6.92 Å². The monoisotopic (exact) mass is 303 g/mol. The highest BCUT2D eigenvalue weighted by Gasteiger charge is 2.04. The average molecular weight is 303 g/mol. The number of aryl methyl sites for hydroxylation is 1. The first-order chi connectivity index (χ1) is 6.66.